The average molecular weight is 517 g/mol. The predicted molar refractivity (Wildman–Crippen MR) is 130 cm³/mol. The van der Waals surface area contributed by atoms with E-state index in [9.17, 15) is 18.0 Å². The molecule has 11 heteroatoms. The topological polar surface area (TPSA) is 76.2 Å². The molecule has 3 fully saturated rings. The molecule has 0 spiro atoms. The molecular weight excluding hydrogens is 477 g/mol. The van der Waals surface area contributed by atoms with E-state index in [4.69, 9.17) is 9.47 Å². The Bertz CT molecular complexity index is 819. The third kappa shape index (κ3) is 7.77. The van der Waals surface area contributed by atoms with E-state index in [-0.39, 0.29) is 24.0 Å². The predicted octanol–water partition coefficient (Wildman–Crippen LogP) is 2.96. The van der Waals surface area contributed by atoms with Crippen LogP contribution in [0.15, 0.2) is 18.3 Å². The van der Waals surface area contributed by atoms with Crippen LogP contribution >= 0.6 is 0 Å². The number of amides is 1. The Hall–Kier alpha value is -1.95. The Balaban J connectivity index is 0.000000840. The maximum absolute atomic E-state index is 13.1. The van der Waals surface area contributed by atoms with Crippen molar-refractivity contribution in [2.45, 2.75) is 57.0 Å². The van der Waals surface area contributed by atoms with Crippen molar-refractivity contribution in [3.8, 4) is 0 Å². The highest BCUT2D eigenvalue weighted by Crippen LogP contribution is 2.32. The molecule has 36 heavy (non-hydrogen) atoms. The third-order valence-corrected chi connectivity index (χ3v) is 7.12. The lowest BCUT2D eigenvalue weighted by atomic mass is 10.0. The number of aromatic nitrogens is 1. The first-order valence-corrected chi connectivity index (χ1v) is 12.7. The van der Waals surface area contributed by atoms with Crippen molar-refractivity contribution in [1.29, 1.82) is 0 Å². The van der Waals surface area contributed by atoms with E-state index < -0.39 is 11.7 Å². The fraction of sp³-hybridized carbons (Fsp3) is 0.760. The molecule has 2 saturated heterocycles. The number of rotatable bonds is 6. The maximum Gasteiger partial charge on any atom is 0.416 e. The summed E-state index contributed by atoms with van der Waals surface area (Å²) in [5.74, 6) is 0.453. The van der Waals surface area contributed by atoms with Crippen LogP contribution < -0.4 is 10.2 Å². The van der Waals surface area contributed by atoms with Crippen molar-refractivity contribution >= 4 is 11.7 Å². The molecule has 0 aromatic carbocycles. The van der Waals surface area contributed by atoms with Gasteiger partial charge in [0.1, 0.15) is 5.82 Å². The van der Waals surface area contributed by atoms with E-state index in [1.54, 1.807) is 14.2 Å². The highest BCUT2D eigenvalue weighted by molar-refractivity contribution is 5.79. The lowest BCUT2D eigenvalue weighted by Crippen LogP contribution is -2.51. The molecule has 8 nitrogen and oxygen atoms in total. The molecule has 1 amide bonds. The van der Waals surface area contributed by atoms with Crippen LogP contribution in [0.25, 0.3) is 0 Å². The van der Waals surface area contributed by atoms with Crippen molar-refractivity contribution in [2.75, 3.05) is 65.1 Å². The van der Waals surface area contributed by atoms with Crippen molar-refractivity contribution in [3.63, 3.8) is 0 Å². The average Bonchev–Trinajstić information content (AvgIpc) is 3.37. The van der Waals surface area contributed by atoms with Crippen LogP contribution in [0.5, 0.6) is 0 Å². The lowest BCUT2D eigenvalue weighted by molar-refractivity contribution is -0.137. The normalized spacial score (nSPS) is 26.9. The standard InChI is InChI=1S/C22H31F3N4O3.C3H8O/c1-31-19-14-32-11-5-18(19)27-17-3-2-15(12-17)21(30)29-9-7-28(8-10-29)20-13-16(4-6-26-20)22(23,24)25;1-3-4-2/h4,6,13,15,17-19,27H,2-3,5,7-12,14H2,1H3;3H2,1-2H3. The minimum Gasteiger partial charge on any atom is -0.385 e. The first-order chi connectivity index (χ1) is 17.3. The zero-order valence-electron chi connectivity index (χ0n) is 21.4. The number of hydrogen-bond acceptors (Lipinski definition) is 7. The lowest BCUT2D eigenvalue weighted by Gasteiger charge is -2.37. The smallest absolute Gasteiger partial charge is 0.385 e. The number of nitrogens with zero attached hydrogens (tertiary/aromatic N) is 3. The number of carbonyl (C=O) groups excluding carboxylic acids is 1. The van der Waals surface area contributed by atoms with Crippen LogP contribution in [0, 0.1) is 5.92 Å². The molecule has 204 valence electrons. The fourth-order valence-corrected chi connectivity index (χ4v) is 4.98. The molecule has 3 heterocycles. The quantitative estimate of drug-likeness (QED) is 0.623. The zero-order valence-corrected chi connectivity index (χ0v) is 21.4. The van der Waals surface area contributed by atoms with E-state index in [0.717, 1.165) is 51.0 Å². The van der Waals surface area contributed by atoms with Gasteiger partial charge < -0.3 is 29.3 Å². The third-order valence-electron chi connectivity index (χ3n) is 7.12. The molecule has 1 aliphatic carbocycles. The van der Waals surface area contributed by atoms with Crippen LogP contribution in [-0.4, -0.2) is 94.2 Å². The number of anilines is 1. The number of alkyl halides is 3. The van der Waals surface area contributed by atoms with E-state index in [1.807, 2.05) is 16.7 Å². The zero-order chi connectivity index (χ0) is 26.1. The minimum atomic E-state index is -4.39. The molecule has 1 saturated carbocycles. The van der Waals surface area contributed by atoms with Gasteiger partial charge in [-0.2, -0.15) is 13.2 Å². The van der Waals surface area contributed by atoms with Crippen LogP contribution in [0.3, 0.4) is 0 Å². The second kappa shape index (κ2) is 13.6. The first kappa shape index (κ1) is 28.6. The van der Waals surface area contributed by atoms with Gasteiger partial charge in [0.15, 0.2) is 0 Å². The second-order valence-corrected chi connectivity index (χ2v) is 9.41. The monoisotopic (exact) mass is 516 g/mol. The molecule has 4 unspecified atom stereocenters. The maximum atomic E-state index is 13.1. The first-order valence-electron chi connectivity index (χ1n) is 12.7. The van der Waals surface area contributed by atoms with Crippen LogP contribution in [0.2, 0.25) is 0 Å². The number of pyridine rings is 1. The van der Waals surface area contributed by atoms with Gasteiger partial charge in [0, 0.05) is 77.8 Å². The Morgan fingerprint density at radius 2 is 1.92 bits per heavy atom. The largest absolute Gasteiger partial charge is 0.416 e. The summed E-state index contributed by atoms with van der Waals surface area (Å²) in [5.41, 5.74) is -0.703. The van der Waals surface area contributed by atoms with Crippen molar-refractivity contribution < 1.29 is 32.2 Å². The fourth-order valence-electron chi connectivity index (χ4n) is 4.98. The minimum absolute atomic E-state index is 0.00781. The Kier molecular flexibility index (Phi) is 10.8. The summed E-state index contributed by atoms with van der Waals surface area (Å²) in [6.45, 7) is 6.04. The summed E-state index contributed by atoms with van der Waals surface area (Å²) in [5, 5.41) is 3.67. The highest BCUT2D eigenvalue weighted by atomic mass is 19.4. The van der Waals surface area contributed by atoms with E-state index in [1.165, 1.54) is 6.20 Å². The van der Waals surface area contributed by atoms with Gasteiger partial charge in [0.25, 0.3) is 0 Å². The number of piperazine rings is 1. The second-order valence-electron chi connectivity index (χ2n) is 9.41. The van der Waals surface area contributed by atoms with Crippen LogP contribution in [0.1, 0.15) is 38.2 Å². The summed E-state index contributed by atoms with van der Waals surface area (Å²) in [4.78, 5) is 20.8. The van der Waals surface area contributed by atoms with Gasteiger partial charge in [0.2, 0.25) is 5.91 Å². The summed E-state index contributed by atoms with van der Waals surface area (Å²) >= 11 is 0. The molecule has 4 rings (SSSR count). The number of ether oxygens (including phenoxy) is 3. The molecule has 0 bridgehead atoms. The van der Waals surface area contributed by atoms with Crippen molar-refractivity contribution in [2.24, 2.45) is 5.92 Å². The van der Waals surface area contributed by atoms with Crippen molar-refractivity contribution in [1.82, 2.24) is 15.2 Å². The Labute approximate surface area is 211 Å². The van der Waals surface area contributed by atoms with Gasteiger partial charge in [-0.1, -0.05) is 0 Å². The number of nitrogens with one attached hydrogen (secondary N) is 1. The van der Waals surface area contributed by atoms with Gasteiger partial charge in [0.05, 0.1) is 18.3 Å². The number of carbonyl (C=O) groups is 1. The summed E-state index contributed by atoms with van der Waals surface area (Å²) < 4.78 is 54.5. The number of methoxy groups -OCH3 is 2. The van der Waals surface area contributed by atoms with Crippen LogP contribution in [-0.2, 0) is 25.2 Å². The van der Waals surface area contributed by atoms with Gasteiger partial charge in [-0.3, -0.25) is 4.79 Å². The van der Waals surface area contributed by atoms with Gasteiger partial charge >= 0.3 is 6.18 Å². The summed E-state index contributed by atoms with van der Waals surface area (Å²) in [7, 11) is 3.38. The molecular formula is C25H39F3N4O4. The molecule has 1 N–H and O–H groups in total. The highest BCUT2D eigenvalue weighted by Gasteiger charge is 2.37. The van der Waals surface area contributed by atoms with Crippen LogP contribution in [0.4, 0.5) is 19.0 Å². The molecule has 1 aromatic rings. The Morgan fingerprint density at radius 1 is 1.19 bits per heavy atom. The summed E-state index contributed by atoms with van der Waals surface area (Å²) in [6.07, 6.45) is 0.354. The SMILES string of the molecule is CCOC.COC1COCCC1NC1CCC(C(=O)N2CCN(c3cc(C(F)(F)F)ccn3)CC2)C1. The van der Waals surface area contributed by atoms with E-state index in [0.29, 0.717) is 44.6 Å². The van der Waals surface area contributed by atoms with Gasteiger partial charge in [-0.05, 0) is 44.7 Å². The summed E-state index contributed by atoms with van der Waals surface area (Å²) in [6, 6.07) is 2.59. The van der Waals surface area contributed by atoms with Crippen molar-refractivity contribution in [3.05, 3.63) is 23.9 Å². The molecule has 1 aromatic heterocycles. The molecule has 2 aliphatic heterocycles. The molecule has 4 atom stereocenters. The Morgan fingerprint density at radius 3 is 2.56 bits per heavy atom. The molecule has 0 radical (unpaired) electrons. The van der Waals surface area contributed by atoms with Gasteiger partial charge in [-0.25, -0.2) is 4.98 Å². The number of halogens is 3. The van der Waals surface area contributed by atoms with E-state index >= 15 is 0 Å². The molecule has 3 aliphatic rings. The number of hydrogen-bond donors (Lipinski definition) is 1. The van der Waals surface area contributed by atoms with Gasteiger partial charge in [-0.15, -0.1) is 0 Å². The van der Waals surface area contributed by atoms with E-state index in [2.05, 4.69) is 15.0 Å².